The molecule has 2 aliphatic rings. The number of unbranched alkanes of at least 4 members (excludes halogenated alkanes) is 1. The van der Waals surface area contributed by atoms with Gasteiger partial charge in [-0.25, -0.2) is 4.79 Å². The Morgan fingerprint density at radius 2 is 1.32 bits per heavy atom. The van der Waals surface area contributed by atoms with Crippen LogP contribution in [0.15, 0.2) is 4.99 Å². The molecular formula is C39H71N11O8S. The first kappa shape index (κ1) is 51.0. The number of nitrogens with zero attached hydrogens (tertiary/aromatic N) is 3. The van der Waals surface area contributed by atoms with E-state index in [1.165, 1.54) is 21.6 Å². The smallest absolute Gasteiger partial charge is 0.326 e. The molecule has 0 spiro atoms. The first-order chi connectivity index (χ1) is 28.0. The summed E-state index contributed by atoms with van der Waals surface area (Å²) in [6.07, 6.45) is 6.48. The fourth-order valence-corrected chi connectivity index (χ4v) is 7.85. The van der Waals surface area contributed by atoms with E-state index < -0.39 is 77.8 Å². The third-order valence-corrected chi connectivity index (χ3v) is 11.5. The van der Waals surface area contributed by atoms with Crippen LogP contribution in [-0.4, -0.2) is 143 Å². The quantitative estimate of drug-likeness (QED) is 0.0297. The number of carbonyl (C=O) groups is 7. The zero-order valence-corrected chi connectivity index (χ0v) is 36.4. The number of carboxylic acid groups (broad SMARTS) is 1. The van der Waals surface area contributed by atoms with Gasteiger partial charge in [-0.05, 0) is 101 Å². The molecule has 59 heavy (non-hydrogen) atoms. The zero-order chi connectivity index (χ0) is 44.2. The van der Waals surface area contributed by atoms with Crippen molar-refractivity contribution < 1.29 is 38.7 Å². The number of amides is 6. The van der Waals surface area contributed by atoms with Crippen LogP contribution in [0.1, 0.15) is 105 Å². The third kappa shape index (κ3) is 16.4. The van der Waals surface area contributed by atoms with Gasteiger partial charge in [0, 0.05) is 19.6 Å². The molecule has 2 heterocycles. The van der Waals surface area contributed by atoms with Crippen LogP contribution in [-0.2, 0) is 33.6 Å². The normalized spacial score (nSPS) is 19.5. The molecule has 13 N–H and O–H groups in total. The van der Waals surface area contributed by atoms with Gasteiger partial charge in [0.1, 0.15) is 36.3 Å². The van der Waals surface area contributed by atoms with Gasteiger partial charge in [0.05, 0.1) is 6.04 Å². The second-order valence-electron chi connectivity index (χ2n) is 16.0. The standard InChI is InChI=1S/C39H71N11O8S/c1-6-24(4)31(48-35(54)30-15-10-19-49(30)36(55)25(41)22-23(2)3)37(56)50-20-11-14-29(50)34(53)46-26(13-9-18-44-39(42)43)32(51)45-27(16-21-59-5)33(52)47-28(38(57)58)12-7-8-17-40/h23-31H,6-22,40-41H2,1-5H3,(H,45,51)(H,46,53)(H,47,52)(H,48,54)(H,57,58)(H4,42,43,44)/t24-,25-,26-,27-,28-,29-,30-,31-/m0/s1. The Bertz CT molecular complexity index is 1450. The van der Waals surface area contributed by atoms with E-state index in [1.54, 1.807) is 0 Å². The lowest BCUT2D eigenvalue weighted by Gasteiger charge is -2.34. The number of carboxylic acids is 1. The van der Waals surface area contributed by atoms with Crippen molar-refractivity contribution in [1.82, 2.24) is 31.1 Å². The minimum atomic E-state index is -1.21. The Labute approximate surface area is 353 Å². The Morgan fingerprint density at radius 1 is 0.780 bits per heavy atom. The minimum Gasteiger partial charge on any atom is -0.480 e. The van der Waals surface area contributed by atoms with E-state index in [2.05, 4.69) is 26.3 Å². The molecule has 2 saturated heterocycles. The van der Waals surface area contributed by atoms with Crippen LogP contribution in [0.5, 0.6) is 0 Å². The lowest BCUT2D eigenvalue weighted by molar-refractivity contribution is -0.145. The predicted molar refractivity (Wildman–Crippen MR) is 228 cm³/mol. The largest absolute Gasteiger partial charge is 0.480 e. The number of thioether (sulfide) groups is 1. The van der Waals surface area contributed by atoms with E-state index >= 15 is 0 Å². The van der Waals surface area contributed by atoms with Gasteiger partial charge in [0.25, 0.3) is 0 Å². The Kier molecular flexibility index (Phi) is 22.6. The van der Waals surface area contributed by atoms with Crippen molar-refractivity contribution in [3.63, 3.8) is 0 Å². The van der Waals surface area contributed by atoms with Crippen molar-refractivity contribution in [1.29, 1.82) is 0 Å². The summed E-state index contributed by atoms with van der Waals surface area (Å²) in [5, 5.41) is 20.7. The molecule has 0 bridgehead atoms. The van der Waals surface area contributed by atoms with E-state index in [0.29, 0.717) is 70.2 Å². The van der Waals surface area contributed by atoms with Crippen molar-refractivity contribution in [2.45, 2.75) is 147 Å². The summed E-state index contributed by atoms with van der Waals surface area (Å²) in [5.41, 5.74) is 22.7. The molecule has 0 unspecified atom stereocenters. The second kappa shape index (κ2) is 26.1. The van der Waals surface area contributed by atoms with E-state index in [0.717, 1.165) is 0 Å². The number of carbonyl (C=O) groups excluding carboxylic acids is 6. The average Bonchev–Trinajstić information content (AvgIpc) is 3.89. The molecule has 6 amide bonds. The van der Waals surface area contributed by atoms with Gasteiger partial charge in [-0.15, -0.1) is 0 Å². The number of rotatable bonds is 26. The summed E-state index contributed by atoms with van der Waals surface area (Å²) in [6, 6.07) is -6.91. The molecule has 0 aromatic rings. The topological polar surface area (TPSA) is 311 Å². The van der Waals surface area contributed by atoms with E-state index in [1.807, 2.05) is 34.0 Å². The number of nitrogens with one attached hydrogen (secondary N) is 4. The molecule has 2 aliphatic heterocycles. The molecule has 0 saturated carbocycles. The summed E-state index contributed by atoms with van der Waals surface area (Å²) in [7, 11) is 0. The van der Waals surface area contributed by atoms with Crippen LogP contribution in [0.3, 0.4) is 0 Å². The van der Waals surface area contributed by atoms with Crippen LogP contribution >= 0.6 is 11.8 Å². The maximum Gasteiger partial charge on any atom is 0.326 e. The summed E-state index contributed by atoms with van der Waals surface area (Å²) in [5.74, 6) is -4.14. The van der Waals surface area contributed by atoms with Gasteiger partial charge in [-0.3, -0.25) is 33.8 Å². The first-order valence-corrected chi connectivity index (χ1v) is 22.4. The van der Waals surface area contributed by atoms with Gasteiger partial charge in [-0.1, -0.05) is 34.1 Å². The molecule has 0 radical (unpaired) electrons. The highest BCUT2D eigenvalue weighted by Gasteiger charge is 2.43. The SMILES string of the molecule is CC[C@H](C)[C@H](NC(=O)[C@@H]1CCCN1C(=O)[C@@H](N)CC(C)C)C(=O)N1CCC[C@H]1C(=O)N[C@@H](CCCN=C(N)N)C(=O)N[C@@H](CCSC)C(=O)N[C@@H](CCCCN)C(=O)O. The first-order valence-electron chi connectivity index (χ1n) is 21.0. The highest BCUT2D eigenvalue weighted by molar-refractivity contribution is 7.98. The Balaban J connectivity index is 2.29. The van der Waals surface area contributed by atoms with E-state index in [-0.39, 0.29) is 62.5 Å². The van der Waals surface area contributed by atoms with Crippen LogP contribution < -0.4 is 44.2 Å². The molecule has 2 rings (SSSR count). The number of hydrogen-bond acceptors (Lipinski definition) is 11. The van der Waals surface area contributed by atoms with Crippen LogP contribution in [0, 0.1) is 11.8 Å². The number of aliphatic imine (C=N–C) groups is 1. The maximum absolute atomic E-state index is 14.3. The lowest BCUT2D eigenvalue weighted by atomic mass is 9.96. The van der Waals surface area contributed by atoms with Crippen LogP contribution in [0.2, 0.25) is 0 Å². The fraction of sp³-hybridized carbons (Fsp3) is 0.795. The third-order valence-electron chi connectivity index (χ3n) is 10.9. The van der Waals surface area contributed by atoms with Crippen molar-refractivity contribution in [3.05, 3.63) is 0 Å². The summed E-state index contributed by atoms with van der Waals surface area (Å²) in [6.45, 7) is 8.83. The number of hydrogen-bond donors (Lipinski definition) is 9. The van der Waals surface area contributed by atoms with Crippen molar-refractivity contribution in [2.75, 3.05) is 38.2 Å². The summed E-state index contributed by atoms with van der Waals surface area (Å²) >= 11 is 1.44. The Morgan fingerprint density at radius 3 is 1.85 bits per heavy atom. The molecule has 0 aromatic heterocycles. The molecule has 8 atom stereocenters. The highest BCUT2D eigenvalue weighted by Crippen LogP contribution is 2.24. The summed E-state index contributed by atoms with van der Waals surface area (Å²) < 4.78 is 0. The number of nitrogens with two attached hydrogens (primary N) is 4. The molecule has 0 aromatic carbocycles. The van der Waals surface area contributed by atoms with Crippen LogP contribution in [0.4, 0.5) is 0 Å². The zero-order valence-electron chi connectivity index (χ0n) is 35.6. The number of guanidine groups is 1. The highest BCUT2D eigenvalue weighted by atomic mass is 32.2. The molecular weight excluding hydrogens is 783 g/mol. The van der Waals surface area contributed by atoms with Gasteiger partial charge in [0.15, 0.2) is 5.96 Å². The molecule has 19 nitrogen and oxygen atoms in total. The predicted octanol–water partition coefficient (Wildman–Crippen LogP) is -0.653. The van der Waals surface area contributed by atoms with Gasteiger partial charge < -0.3 is 59.1 Å². The van der Waals surface area contributed by atoms with Crippen LogP contribution in [0.25, 0.3) is 0 Å². The average molecular weight is 854 g/mol. The Hall–Kier alpha value is -4.17. The number of likely N-dealkylation sites (tertiary alicyclic amines) is 2. The monoisotopic (exact) mass is 854 g/mol. The molecule has 2 fully saturated rings. The van der Waals surface area contributed by atoms with E-state index in [9.17, 15) is 38.7 Å². The molecule has 0 aliphatic carbocycles. The van der Waals surface area contributed by atoms with Crippen molar-refractivity contribution in [2.24, 2.45) is 39.8 Å². The fourth-order valence-electron chi connectivity index (χ4n) is 7.38. The maximum atomic E-state index is 14.3. The van der Waals surface area contributed by atoms with Gasteiger partial charge in [-0.2, -0.15) is 11.8 Å². The minimum absolute atomic E-state index is 0.0751. The van der Waals surface area contributed by atoms with Crippen molar-refractivity contribution in [3.8, 4) is 0 Å². The molecule has 336 valence electrons. The summed E-state index contributed by atoms with van der Waals surface area (Å²) in [4.78, 5) is 102. The van der Waals surface area contributed by atoms with Gasteiger partial charge in [0.2, 0.25) is 35.4 Å². The van der Waals surface area contributed by atoms with E-state index in [4.69, 9.17) is 22.9 Å². The van der Waals surface area contributed by atoms with Crippen molar-refractivity contribution >= 4 is 59.1 Å². The second-order valence-corrected chi connectivity index (χ2v) is 17.0. The molecule has 20 heteroatoms. The van der Waals surface area contributed by atoms with Gasteiger partial charge >= 0.3 is 5.97 Å². The lowest BCUT2D eigenvalue weighted by Crippen LogP contribution is -2.60. The number of aliphatic carboxylic acids is 1.